The van der Waals surface area contributed by atoms with E-state index in [9.17, 15) is 29.1 Å². The lowest BCUT2D eigenvalue weighted by Crippen LogP contribution is -2.74. The summed E-state index contributed by atoms with van der Waals surface area (Å²) in [6, 6.07) is 0. The van der Waals surface area contributed by atoms with Gasteiger partial charge in [-0.3, -0.25) is 24.0 Å². The average molecular weight is 505 g/mol. The van der Waals surface area contributed by atoms with E-state index in [0.717, 1.165) is 0 Å². The number of aliphatic hydroxyl groups excluding tert-OH is 1. The molecule has 0 aromatic carbocycles. The monoisotopic (exact) mass is 504 g/mol. The predicted molar refractivity (Wildman–Crippen MR) is 123 cm³/mol. The number of hydrogen-bond donors (Lipinski definition) is 1. The second kappa shape index (κ2) is 8.10. The molecule has 5 fully saturated rings. The van der Waals surface area contributed by atoms with Crippen LogP contribution in [-0.4, -0.2) is 59.5 Å². The number of Topliss-reactive ketones (excluding diaryl/α,β-unsaturated/α-hetero) is 2. The normalized spacial score (nSPS) is 49.9. The minimum atomic E-state index is -1.12. The maximum Gasteiger partial charge on any atom is 0.306 e. The van der Waals surface area contributed by atoms with Gasteiger partial charge < -0.3 is 19.3 Å². The molecule has 11 atom stereocenters. The number of aliphatic hydroxyl groups is 1. The van der Waals surface area contributed by atoms with Crippen molar-refractivity contribution in [3.63, 3.8) is 0 Å². The molecule has 0 aromatic rings. The molecule has 5 rings (SSSR count). The van der Waals surface area contributed by atoms with Gasteiger partial charge >= 0.3 is 17.9 Å². The van der Waals surface area contributed by atoms with Crippen LogP contribution in [0.1, 0.15) is 66.7 Å². The Morgan fingerprint density at radius 3 is 2.36 bits per heavy atom. The molecule has 2 heterocycles. The number of cyclic esters (lactones) is 1. The van der Waals surface area contributed by atoms with E-state index >= 15 is 0 Å². The van der Waals surface area contributed by atoms with Gasteiger partial charge in [0.2, 0.25) is 0 Å². The molecule has 1 N–H and O–H groups in total. The van der Waals surface area contributed by atoms with Gasteiger partial charge in [-0.2, -0.15) is 0 Å². The molecule has 2 aliphatic heterocycles. The molecule has 0 radical (unpaired) electrons. The fraction of sp³-hybridized carbons (Fsp3) is 0.815. The minimum Gasteiger partial charge on any atom is -0.465 e. The van der Waals surface area contributed by atoms with Crippen molar-refractivity contribution in [2.45, 2.75) is 85.0 Å². The van der Waals surface area contributed by atoms with E-state index in [1.54, 1.807) is 6.92 Å². The van der Waals surface area contributed by atoms with Crippen molar-refractivity contribution < 1.29 is 43.3 Å². The van der Waals surface area contributed by atoms with Gasteiger partial charge in [0.1, 0.15) is 30.7 Å². The molecule has 36 heavy (non-hydrogen) atoms. The summed E-state index contributed by atoms with van der Waals surface area (Å²) in [5, 5.41) is 10.8. The van der Waals surface area contributed by atoms with Crippen LogP contribution in [0.2, 0.25) is 0 Å². The van der Waals surface area contributed by atoms with Gasteiger partial charge in [-0.25, -0.2) is 0 Å². The zero-order valence-corrected chi connectivity index (χ0v) is 21.6. The van der Waals surface area contributed by atoms with Crippen LogP contribution in [0, 0.1) is 45.8 Å². The summed E-state index contributed by atoms with van der Waals surface area (Å²) in [5.41, 5.74) is -2.99. The molecule has 3 aliphatic carbocycles. The maximum atomic E-state index is 14.0. The first kappa shape index (κ1) is 25.4. The van der Waals surface area contributed by atoms with Gasteiger partial charge in [0.05, 0.1) is 12.3 Å². The molecule has 1 unspecified atom stereocenters. The first-order valence-corrected chi connectivity index (χ1v) is 13.0. The Morgan fingerprint density at radius 2 is 1.75 bits per heavy atom. The van der Waals surface area contributed by atoms with Gasteiger partial charge in [-0.15, -0.1) is 0 Å². The van der Waals surface area contributed by atoms with Crippen molar-refractivity contribution in [3.05, 3.63) is 0 Å². The van der Waals surface area contributed by atoms with Crippen molar-refractivity contribution in [1.29, 1.82) is 0 Å². The Bertz CT molecular complexity index is 1040. The van der Waals surface area contributed by atoms with Crippen molar-refractivity contribution in [3.8, 4) is 0 Å². The first-order valence-electron chi connectivity index (χ1n) is 13.0. The van der Waals surface area contributed by atoms with Gasteiger partial charge in [-0.1, -0.05) is 27.7 Å². The Kier molecular flexibility index (Phi) is 5.71. The van der Waals surface area contributed by atoms with Crippen LogP contribution < -0.4 is 0 Å². The number of rotatable bonds is 3. The van der Waals surface area contributed by atoms with Gasteiger partial charge in [-0.05, 0) is 37.0 Å². The number of esters is 3. The maximum absolute atomic E-state index is 14.0. The van der Waals surface area contributed by atoms with Crippen LogP contribution in [0.15, 0.2) is 0 Å². The highest BCUT2D eigenvalue weighted by Gasteiger charge is 2.75. The van der Waals surface area contributed by atoms with E-state index in [-0.39, 0.29) is 55.2 Å². The van der Waals surface area contributed by atoms with Crippen molar-refractivity contribution in [1.82, 2.24) is 0 Å². The van der Waals surface area contributed by atoms with E-state index < -0.39 is 64.2 Å². The highest BCUT2D eigenvalue weighted by Crippen LogP contribution is 2.71. The lowest BCUT2D eigenvalue weighted by Gasteiger charge is -2.70. The van der Waals surface area contributed by atoms with E-state index in [2.05, 4.69) is 0 Å². The Morgan fingerprint density at radius 1 is 1.06 bits per heavy atom. The number of ketones is 2. The summed E-state index contributed by atoms with van der Waals surface area (Å²) >= 11 is 0. The molecule has 0 spiro atoms. The summed E-state index contributed by atoms with van der Waals surface area (Å²) < 4.78 is 17.0. The molecule has 5 aliphatic rings. The van der Waals surface area contributed by atoms with Crippen molar-refractivity contribution in [2.24, 2.45) is 45.8 Å². The van der Waals surface area contributed by atoms with Gasteiger partial charge in [0.15, 0.2) is 5.78 Å². The summed E-state index contributed by atoms with van der Waals surface area (Å²) in [7, 11) is 0. The fourth-order valence-corrected chi connectivity index (χ4v) is 9.28. The topological polar surface area (TPSA) is 133 Å². The van der Waals surface area contributed by atoms with Crippen molar-refractivity contribution >= 4 is 29.5 Å². The Balaban J connectivity index is 1.68. The number of ether oxygens (including phenoxy) is 3. The zero-order valence-electron chi connectivity index (χ0n) is 21.6. The highest BCUT2D eigenvalue weighted by molar-refractivity contribution is 5.93. The molecule has 2 saturated heterocycles. The molecule has 0 amide bonds. The second-order valence-electron chi connectivity index (χ2n) is 12.5. The smallest absolute Gasteiger partial charge is 0.306 e. The summed E-state index contributed by atoms with van der Waals surface area (Å²) in [4.78, 5) is 64.9. The molecule has 9 heteroatoms. The second-order valence-corrected chi connectivity index (χ2v) is 12.5. The number of carbonyl (C=O) groups excluding carboxylic acids is 5. The van der Waals surface area contributed by atoms with Crippen LogP contribution in [0.25, 0.3) is 0 Å². The van der Waals surface area contributed by atoms with Crippen molar-refractivity contribution in [2.75, 3.05) is 6.61 Å². The number of carbonyl (C=O) groups is 5. The van der Waals surface area contributed by atoms with Crippen LogP contribution in [-0.2, 0) is 38.2 Å². The molecule has 0 bridgehead atoms. The quantitative estimate of drug-likeness (QED) is 0.452. The Labute approximate surface area is 210 Å². The third-order valence-electron chi connectivity index (χ3n) is 10.6. The standard InChI is InChI=1S/C27H36O9/c1-12-6-16(29)24(33)26(4)15(12)8-19-27(5)18(9-21(31)36-19)25(3,10-17(22(26)27)35-13(2)28)23(32)14-7-20(30)34-11-14/h12,14-19,22,29H,6-11H2,1-5H3/t12-,14+,15+,16+,17-,18+,19?,22-,25-,26+,27-/m1/s1. The van der Waals surface area contributed by atoms with Gasteiger partial charge in [0, 0.05) is 35.5 Å². The van der Waals surface area contributed by atoms with E-state index in [0.29, 0.717) is 12.8 Å². The number of hydrogen-bond acceptors (Lipinski definition) is 9. The van der Waals surface area contributed by atoms with Crippen LogP contribution in [0.4, 0.5) is 0 Å². The lowest BCUT2D eigenvalue weighted by molar-refractivity contribution is -0.277. The fourth-order valence-electron chi connectivity index (χ4n) is 9.28. The zero-order chi connectivity index (χ0) is 26.4. The molecule has 198 valence electrons. The molecular weight excluding hydrogens is 468 g/mol. The van der Waals surface area contributed by atoms with Crippen LogP contribution >= 0.6 is 0 Å². The molecular formula is C27H36O9. The van der Waals surface area contributed by atoms with E-state index in [4.69, 9.17) is 14.2 Å². The van der Waals surface area contributed by atoms with Crippen LogP contribution in [0.5, 0.6) is 0 Å². The first-order chi connectivity index (χ1) is 16.7. The lowest BCUT2D eigenvalue weighted by atomic mass is 9.35. The van der Waals surface area contributed by atoms with E-state index in [1.165, 1.54) is 6.92 Å². The average Bonchev–Trinajstić information content (AvgIpc) is 3.21. The van der Waals surface area contributed by atoms with Crippen LogP contribution in [0.3, 0.4) is 0 Å². The summed E-state index contributed by atoms with van der Waals surface area (Å²) in [5.74, 6) is -3.67. The third-order valence-corrected chi connectivity index (χ3v) is 10.6. The molecule has 3 saturated carbocycles. The molecule has 0 aromatic heterocycles. The largest absolute Gasteiger partial charge is 0.465 e. The number of fused-ring (bicyclic) bond motifs is 2. The highest BCUT2D eigenvalue weighted by atomic mass is 16.6. The SMILES string of the molecule is CC(=O)O[C@@H]1C[C@@](C)(C(=O)[C@@H]2COC(=O)C2)[C@@H]2CC(=O)OC3C[C@H]4[C@H](C)C[C@H](O)C(=O)[C@]4(C)[C@@H]1[C@@]32C. The Hall–Kier alpha value is -2.29. The summed E-state index contributed by atoms with van der Waals surface area (Å²) in [6.45, 7) is 8.91. The van der Waals surface area contributed by atoms with E-state index in [1.807, 2.05) is 20.8 Å². The minimum absolute atomic E-state index is 0.00574. The predicted octanol–water partition coefficient (Wildman–Crippen LogP) is 2.01. The summed E-state index contributed by atoms with van der Waals surface area (Å²) in [6.07, 6.45) is -1.62. The van der Waals surface area contributed by atoms with Gasteiger partial charge in [0.25, 0.3) is 0 Å². The third kappa shape index (κ3) is 3.26. The molecule has 9 nitrogen and oxygen atoms in total.